The van der Waals surface area contributed by atoms with Crippen molar-refractivity contribution in [3.8, 4) is 0 Å². The van der Waals surface area contributed by atoms with Gasteiger partial charge in [-0.25, -0.2) is 4.39 Å². The average Bonchev–Trinajstić information content (AvgIpc) is 2.36. The van der Waals surface area contributed by atoms with Gasteiger partial charge in [0, 0.05) is 11.8 Å². The zero-order valence-corrected chi connectivity index (χ0v) is 12.9. The summed E-state index contributed by atoms with van der Waals surface area (Å²) in [5, 5.41) is 0. The monoisotopic (exact) mass is 266 g/mol. The lowest BCUT2D eigenvalue weighted by molar-refractivity contribution is -0.125. The van der Waals surface area contributed by atoms with Crippen LogP contribution in [0.15, 0.2) is 35.7 Å². The fourth-order valence-corrected chi connectivity index (χ4v) is 1.59. The van der Waals surface area contributed by atoms with E-state index in [1.54, 1.807) is 6.08 Å². The highest BCUT2D eigenvalue weighted by molar-refractivity contribution is 5.86. The molecule has 0 radical (unpaired) electrons. The Bertz CT molecular complexity index is 373. The molecule has 0 aromatic carbocycles. The van der Waals surface area contributed by atoms with Gasteiger partial charge in [0.2, 0.25) is 0 Å². The molecule has 1 nitrogen and oxygen atoms in total. The zero-order chi connectivity index (χ0) is 14.9. The molecule has 0 atom stereocenters. The second-order valence-corrected chi connectivity index (χ2v) is 5.39. The van der Waals surface area contributed by atoms with Crippen molar-refractivity contribution in [1.29, 1.82) is 0 Å². The molecular formula is C17H27FO. The molecule has 0 unspecified atom stereocenters. The van der Waals surface area contributed by atoms with Gasteiger partial charge < -0.3 is 0 Å². The number of allylic oxidation sites excluding steroid dienone is 6. The van der Waals surface area contributed by atoms with Crippen LogP contribution in [0.1, 0.15) is 60.3 Å². The van der Waals surface area contributed by atoms with Crippen molar-refractivity contribution >= 4 is 5.78 Å². The summed E-state index contributed by atoms with van der Waals surface area (Å²) in [7, 11) is 0. The molecule has 0 spiro atoms. The molecule has 19 heavy (non-hydrogen) atoms. The molecule has 0 amide bonds. The molecule has 0 bridgehead atoms. The van der Waals surface area contributed by atoms with Crippen LogP contribution in [0.25, 0.3) is 0 Å². The smallest absolute Gasteiger partial charge is 0.142 e. The van der Waals surface area contributed by atoms with Crippen molar-refractivity contribution in [2.45, 2.75) is 60.3 Å². The molecule has 0 fully saturated rings. The maximum Gasteiger partial charge on any atom is 0.142 e. The van der Waals surface area contributed by atoms with E-state index in [4.69, 9.17) is 0 Å². The molecule has 108 valence electrons. The van der Waals surface area contributed by atoms with Crippen LogP contribution < -0.4 is 0 Å². The van der Waals surface area contributed by atoms with E-state index in [1.165, 1.54) is 12.2 Å². The van der Waals surface area contributed by atoms with Gasteiger partial charge >= 0.3 is 0 Å². The third kappa shape index (κ3) is 6.51. The van der Waals surface area contributed by atoms with Crippen molar-refractivity contribution in [2.75, 3.05) is 0 Å². The van der Waals surface area contributed by atoms with Gasteiger partial charge in [-0.1, -0.05) is 38.0 Å². The van der Waals surface area contributed by atoms with Gasteiger partial charge in [0.25, 0.3) is 0 Å². The number of carbonyl (C=O) groups is 1. The van der Waals surface area contributed by atoms with Gasteiger partial charge in [-0.3, -0.25) is 4.79 Å². The van der Waals surface area contributed by atoms with Crippen LogP contribution in [0.3, 0.4) is 0 Å². The third-order valence-corrected chi connectivity index (χ3v) is 3.38. The Morgan fingerprint density at radius 3 is 2.32 bits per heavy atom. The average molecular weight is 266 g/mol. The lowest BCUT2D eigenvalue weighted by Crippen LogP contribution is -2.25. The second kappa shape index (κ2) is 8.84. The van der Waals surface area contributed by atoms with E-state index in [1.807, 2.05) is 33.8 Å². The SMILES string of the molecule is CCC/C=C/C(F)=C\C=C(/C)C(C)(C)C(=O)CCC. The standard InChI is InChI=1S/C17H27FO/c1-6-8-9-11-15(18)13-12-14(3)17(4,5)16(19)10-7-2/h9,11-13H,6-8,10H2,1-5H3/b11-9+,14-12+,15-13+. The number of carbonyl (C=O) groups excluding carboxylic acids is 1. The van der Waals surface area contributed by atoms with Gasteiger partial charge in [0.05, 0.1) is 0 Å². The Morgan fingerprint density at radius 1 is 1.16 bits per heavy atom. The summed E-state index contributed by atoms with van der Waals surface area (Å²) < 4.78 is 13.5. The molecular weight excluding hydrogens is 239 g/mol. The number of Topliss-reactive ketones (excluding diaryl/α,β-unsaturated/α-hetero) is 1. The summed E-state index contributed by atoms with van der Waals surface area (Å²) in [6.07, 6.45) is 9.75. The summed E-state index contributed by atoms with van der Waals surface area (Å²) in [5.41, 5.74) is 0.380. The quantitative estimate of drug-likeness (QED) is 0.527. The number of halogens is 1. The first-order valence-electron chi connectivity index (χ1n) is 7.10. The minimum atomic E-state index is -0.514. The highest BCUT2D eigenvalue weighted by Crippen LogP contribution is 2.29. The highest BCUT2D eigenvalue weighted by atomic mass is 19.1. The van der Waals surface area contributed by atoms with Crippen LogP contribution in [-0.4, -0.2) is 5.78 Å². The first kappa shape index (κ1) is 17.8. The Balaban J connectivity index is 4.79. The van der Waals surface area contributed by atoms with Gasteiger partial charge in [0.1, 0.15) is 11.6 Å². The van der Waals surface area contributed by atoms with E-state index < -0.39 is 5.41 Å². The van der Waals surface area contributed by atoms with Crippen molar-refractivity contribution in [3.63, 3.8) is 0 Å². The number of hydrogen-bond donors (Lipinski definition) is 0. The van der Waals surface area contributed by atoms with Gasteiger partial charge in [-0.15, -0.1) is 0 Å². The maximum atomic E-state index is 13.5. The maximum absolute atomic E-state index is 13.5. The predicted octanol–water partition coefficient (Wildman–Crippen LogP) is 5.54. The minimum absolute atomic E-state index is 0.207. The molecule has 0 aliphatic heterocycles. The normalized spacial score (nSPS) is 14.2. The third-order valence-electron chi connectivity index (χ3n) is 3.38. The first-order chi connectivity index (χ1) is 8.86. The highest BCUT2D eigenvalue weighted by Gasteiger charge is 2.27. The number of rotatable bonds is 8. The molecule has 0 aromatic heterocycles. The molecule has 0 saturated heterocycles. The van der Waals surface area contributed by atoms with Gasteiger partial charge in [-0.2, -0.15) is 0 Å². The van der Waals surface area contributed by atoms with Crippen molar-refractivity contribution in [2.24, 2.45) is 5.41 Å². The molecule has 0 rings (SSSR count). The molecule has 0 N–H and O–H groups in total. The molecule has 0 saturated carbocycles. The van der Waals surface area contributed by atoms with Crippen LogP contribution >= 0.6 is 0 Å². The van der Waals surface area contributed by atoms with Crippen molar-refractivity contribution in [3.05, 3.63) is 35.7 Å². The molecule has 0 aliphatic rings. The van der Waals surface area contributed by atoms with Crippen molar-refractivity contribution < 1.29 is 9.18 Å². The Morgan fingerprint density at radius 2 is 1.79 bits per heavy atom. The van der Waals surface area contributed by atoms with Crippen molar-refractivity contribution in [1.82, 2.24) is 0 Å². The summed E-state index contributed by atoms with van der Waals surface area (Å²) in [6.45, 7) is 9.72. The molecule has 0 aromatic rings. The van der Waals surface area contributed by atoms with E-state index in [0.717, 1.165) is 24.8 Å². The Kier molecular flexibility index (Phi) is 8.29. The van der Waals surface area contributed by atoms with E-state index in [0.29, 0.717) is 6.42 Å². The summed E-state index contributed by atoms with van der Waals surface area (Å²) in [6, 6.07) is 0. The summed E-state index contributed by atoms with van der Waals surface area (Å²) >= 11 is 0. The first-order valence-corrected chi connectivity index (χ1v) is 7.10. The van der Waals surface area contributed by atoms with Crippen LogP contribution in [0.4, 0.5) is 4.39 Å². The number of hydrogen-bond acceptors (Lipinski definition) is 1. The number of ketones is 1. The van der Waals surface area contributed by atoms with Crippen LogP contribution in [0.5, 0.6) is 0 Å². The molecule has 0 heterocycles. The molecule has 0 aliphatic carbocycles. The predicted molar refractivity (Wildman–Crippen MR) is 80.7 cm³/mol. The minimum Gasteiger partial charge on any atom is -0.299 e. The Labute approximate surface area is 117 Å². The largest absolute Gasteiger partial charge is 0.299 e. The van der Waals surface area contributed by atoms with E-state index in [9.17, 15) is 9.18 Å². The van der Waals surface area contributed by atoms with Crippen LogP contribution in [0, 0.1) is 5.41 Å². The topological polar surface area (TPSA) is 17.1 Å². The van der Waals surface area contributed by atoms with Gasteiger partial charge in [0.15, 0.2) is 0 Å². The Hall–Kier alpha value is -1.18. The number of unbranched alkanes of at least 4 members (excludes halogenated alkanes) is 1. The van der Waals surface area contributed by atoms with E-state index in [-0.39, 0.29) is 11.6 Å². The van der Waals surface area contributed by atoms with Crippen LogP contribution in [-0.2, 0) is 4.79 Å². The fraction of sp³-hybridized carbons (Fsp3) is 0.588. The lowest BCUT2D eigenvalue weighted by Gasteiger charge is -2.23. The van der Waals surface area contributed by atoms with E-state index >= 15 is 0 Å². The zero-order valence-electron chi connectivity index (χ0n) is 12.9. The second-order valence-electron chi connectivity index (χ2n) is 5.39. The summed E-state index contributed by atoms with van der Waals surface area (Å²) in [4.78, 5) is 12.0. The van der Waals surface area contributed by atoms with Crippen LogP contribution in [0.2, 0.25) is 0 Å². The van der Waals surface area contributed by atoms with E-state index in [2.05, 4.69) is 6.92 Å². The lowest BCUT2D eigenvalue weighted by atomic mass is 9.79. The molecule has 2 heteroatoms. The fourth-order valence-electron chi connectivity index (χ4n) is 1.59. The van der Waals surface area contributed by atoms with Gasteiger partial charge in [-0.05, 0) is 45.8 Å². The summed E-state index contributed by atoms with van der Waals surface area (Å²) in [5.74, 6) is -0.0642.